The van der Waals surface area contributed by atoms with Crippen molar-refractivity contribution < 1.29 is 4.79 Å². The van der Waals surface area contributed by atoms with Gasteiger partial charge in [-0.05, 0) is 19.9 Å². The van der Waals surface area contributed by atoms with Crippen molar-refractivity contribution in [3.05, 3.63) is 47.1 Å². The maximum Gasteiger partial charge on any atom is 0.254 e. The van der Waals surface area contributed by atoms with Gasteiger partial charge in [0.25, 0.3) is 5.91 Å². The molecule has 0 saturated heterocycles. The topological polar surface area (TPSA) is 77.1 Å². The van der Waals surface area contributed by atoms with Gasteiger partial charge in [-0.2, -0.15) is 0 Å². The number of fused-ring (bicyclic) bond motifs is 2. The van der Waals surface area contributed by atoms with Crippen molar-refractivity contribution in [2.75, 3.05) is 0 Å². The molecule has 1 atom stereocenters. The van der Waals surface area contributed by atoms with Crippen LogP contribution in [0.3, 0.4) is 0 Å². The summed E-state index contributed by atoms with van der Waals surface area (Å²) in [5.41, 5.74) is 2.68. The van der Waals surface area contributed by atoms with Crippen LogP contribution in [-0.4, -0.2) is 29.8 Å². The Morgan fingerprint density at radius 3 is 3.00 bits per heavy atom. The van der Waals surface area contributed by atoms with Crippen LogP contribution in [0.25, 0.3) is 16.1 Å². The van der Waals surface area contributed by atoms with E-state index < -0.39 is 0 Å². The second kappa shape index (κ2) is 5.41. The molecule has 1 N–H and O–H groups in total. The van der Waals surface area contributed by atoms with Crippen molar-refractivity contribution in [3.8, 4) is 0 Å². The number of rotatable bonds is 3. The zero-order valence-electron chi connectivity index (χ0n) is 13.5. The number of pyridine rings is 1. The Bertz CT molecular complexity index is 1030. The highest BCUT2D eigenvalue weighted by atomic mass is 32.1. The lowest BCUT2D eigenvalue weighted by Crippen LogP contribution is -2.27. The van der Waals surface area contributed by atoms with Crippen LogP contribution in [0.15, 0.2) is 30.0 Å². The van der Waals surface area contributed by atoms with Crippen molar-refractivity contribution in [1.29, 1.82) is 0 Å². The Morgan fingerprint density at radius 2 is 2.21 bits per heavy atom. The average molecular weight is 340 g/mol. The standard InChI is InChI=1S/C16H16N6OS/c1-9(12-8-22-6-7-24-16(22)20-12)18-15(23)11-4-5-17-14-13(11)19-10(2)21(14)3/h4-9H,1-3H3,(H,18,23). The van der Waals surface area contributed by atoms with Gasteiger partial charge in [0.1, 0.15) is 11.3 Å². The molecular formula is C16H16N6OS. The number of aromatic nitrogens is 5. The molecule has 0 aliphatic carbocycles. The number of amides is 1. The zero-order valence-corrected chi connectivity index (χ0v) is 14.3. The number of nitrogens with one attached hydrogen (secondary N) is 1. The molecule has 0 spiro atoms. The second-order valence-corrected chi connectivity index (χ2v) is 6.58. The van der Waals surface area contributed by atoms with E-state index in [0.717, 1.165) is 16.5 Å². The van der Waals surface area contributed by atoms with Crippen molar-refractivity contribution in [1.82, 2.24) is 29.2 Å². The molecule has 1 amide bonds. The van der Waals surface area contributed by atoms with Gasteiger partial charge >= 0.3 is 0 Å². The lowest BCUT2D eigenvalue weighted by molar-refractivity contribution is 0.0940. The molecule has 122 valence electrons. The molecule has 7 nitrogen and oxygen atoms in total. The summed E-state index contributed by atoms with van der Waals surface area (Å²) in [6.45, 7) is 3.82. The number of carbonyl (C=O) groups excluding carboxylic acids is 1. The lowest BCUT2D eigenvalue weighted by atomic mass is 10.2. The molecule has 0 saturated carbocycles. The Kier molecular flexibility index (Phi) is 3.34. The molecule has 0 fully saturated rings. The van der Waals surface area contributed by atoms with Crippen LogP contribution in [0.1, 0.15) is 34.8 Å². The van der Waals surface area contributed by atoms with Gasteiger partial charge in [-0.3, -0.25) is 9.20 Å². The Morgan fingerprint density at radius 1 is 1.38 bits per heavy atom. The molecule has 4 heterocycles. The Balaban J connectivity index is 1.64. The fourth-order valence-electron chi connectivity index (χ4n) is 2.67. The highest BCUT2D eigenvalue weighted by Crippen LogP contribution is 2.20. The van der Waals surface area contributed by atoms with Crippen LogP contribution >= 0.6 is 11.3 Å². The summed E-state index contributed by atoms with van der Waals surface area (Å²) < 4.78 is 3.83. The van der Waals surface area contributed by atoms with Crippen LogP contribution in [0.2, 0.25) is 0 Å². The fourth-order valence-corrected chi connectivity index (χ4v) is 3.38. The molecule has 4 aromatic heterocycles. The van der Waals surface area contributed by atoms with E-state index in [-0.39, 0.29) is 11.9 Å². The minimum atomic E-state index is -0.197. The molecule has 0 bridgehead atoms. The largest absolute Gasteiger partial charge is 0.344 e. The van der Waals surface area contributed by atoms with E-state index in [4.69, 9.17) is 0 Å². The summed E-state index contributed by atoms with van der Waals surface area (Å²) in [6.07, 6.45) is 5.52. The van der Waals surface area contributed by atoms with Crippen molar-refractivity contribution in [2.24, 2.45) is 7.05 Å². The minimum absolute atomic E-state index is 0.177. The first-order valence-electron chi connectivity index (χ1n) is 7.55. The van der Waals surface area contributed by atoms with Gasteiger partial charge in [-0.15, -0.1) is 11.3 Å². The summed E-state index contributed by atoms with van der Waals surface area (Å²) >= 11 is 1.57. The molecule has 4 rings (SSSR count). The van der Waals surface area contributed by atoms with E-state index >= 15 is 0 Å². The van der Waals surface area contributed by atoms with Crippen molar-refractivity contribution in [3.63, 3.8) is 0 Å². The molecule has 24 heavy (non-hydrogen) atoms. The summed E-state index contributed by atoms with van der Waals surface area (Å²) in [5, 5.41) is 4.98. The predicted molar refractivity (Wildman–Crippen MR) is 92.2 cm³/mol. The van der Waals surface area contributed by atoms with Gasteiger partial charge in [0.05, 0.1) is 17.3 Å². The summed E-state index contributed by atoms with van der Waals surface area (Å²) in [4.78, 5) is 26.9. The second-order valence-electron chi connectivity index (χ2n) is 5.70. The van der Waals surface area contributed by atoms with E-state index in [9.17, 15) is 4.79 Å². The molecule has 0 radical (unpaired) electrons. The smallest absolute Gasteiger partial charge is 0.254 e. The third kappa shape index (κ3) is 2.26. The molecular weight excluding hydrogens is 324 g/mol. The molecule has 1 unspecified atom stereocenters. The monoisotopic (exact) mass is 340 g/mol. The first kappa shape index (κ1) is 14.8. The van der Waals surface area contributed by atoms with Gasteiger partial charge in [0.2, 0.25) is 0 Å². The fraction of sp³-hybridized carbons (Fsp3) is 0.250. The zero-order chi connectivity index (χ0) is 16.8. The van der Waals surface area contributed by atoms with Crippen LogP contribution in [0, 0.1) is 6.92 Å². The van der Waals surface area contributed by atoms with E-state index in [0.29, 0.717) is 16.7 Å². The molecule has 0 aromatic carbocycles. The molecule has 0 aliphatic rings. The van der Waals surface area contributed by atoms with Crippen LogP contribution < -0.4 is 5.32 Å². The van der Waals surface area contributed by atoms with Crippen molar-refractivity contribution >= 4 is 33.4 Å². The van der Waals surface area contributed by atoms with Crippen LogP contribution in [0.5, 0.6) is 0 Å². The number of carbonyl (C=O) groups is 1. The number of aryl methyl sites for hydroxylation is 2. The maximum atomic E-state index is 12.7. The van der Waals surface area contributed by atoms with E-state index in [1.807, 2.05) is 47.6 Å². The Hall–Kier alpha value is -2.74. The summed E-state index contributed by atoms with van der Waals surface area (Å²) in [7, 11) is 1.89. The first-order valence-corrected chi connectivity index (χ1v) is 8.43. The quantitative estimate of drug-likeness (QED) is 0.621. The minimum Gasteiger partial charge on any atom is -0.344 e. The van der Waals surface area contributed by atoms with Gasteiger partial charge in [-0.25, -0.2) is 15.0 Å². The number of hydrogen-bond donors (Lipinski definition) is 1. The third-order valence-corrected chi connectivity index (χ3v) is 4.90. The van der Waals surface area contributed by atoms with Gasteiger partial charge < -0.3 is 9.88 Å². The Labute approximate surface area is 142 Å². The summed E-state index contributed by atoms with van der Waals surface area (Å²) in [6, 6.07) is 1.50. The normalized spacial score (nSPS) is 12.8. The number of thiazole rings is 1. The van der Waals surface area contributed by atoms with Gasteiger partial charge in [0, 0.05) is 31.0 Å². The molecule has 8 heteroatoms. The van der Waals surface area contributed by atoms with Gasteiger partial charge in [0.15, 0.2) is 10.6 Å². The van der Waals surface area contributed by atoms with Crippen LogP contribution in [0.4, 0.5) is 0 Å². The first-order chi connectivity index (χ1) is 11.5. The highest BCUT2D eigenvalue weighted by molar-refractivity contribution is 7.15. The maximum absolute atomic E-state index is 12.7. The van der Waals surface area contributed by atoms with Crippen molar-refractivity contribution in [2.45, 2.75) is 19.9 Å². The van der Waals surface area contributed by atoms with E-state index in [1.54, 1.807) is 23.6 Å². The van der Waals surface area contributed by atoms with E-state index in [2.05, 4.69) is 20.3 Å². The van der Waals surface area contributed by atoms with Gasteiger partial charge in [-0.1, -0.05) is 0 Å². The number of nitrogens with zero attached hydrogens (tertiary/aromatic N) is 5. The number of imidazole rings is 2. The summed E-state index contributed by atoms with van der Waals surface area (Å²) in [5.74, 6) is 0.643. The highest BCUT2D eigenvalue weighted by Gasteiger charge is 2.19. The predicted octanol–water partition coefficient (Wildman–Crippen LogP) is 2.48. The average Bonchev–Trinajstić information content (AvgIpc) is 3.22. The SMILES string of the molecule is Cc1nc2c(C(=O)NC(C)c3cn4ccsc4n3)ccnc2n1C. The lowest BCUT2D eigenvalue weighted by Gasteiger charge is -2.11. The third-order valence-electron chi connectivity index (χ3n) is 4.13. The van der Waals surface area contributed by atoms with Crippen LogP contribution in [-0.2, 0) is 7.05 Å². The van der Waals surface area contributed by atoms with E-state index in [1.165, 1.54) is 0 Å². The number of hydrogen-bond acceptors (Lipinski definition) is 5. The molecule has 4 aromatic rings. The molecule has 0 aliphatic heterocycles.